The first-order valence-corrected chi connectivity index (χ1v) is 7.07. The van der Waals surface area contributed by atoms with Gasteiger partial charge in [-0.3, -0.25) is 4.98 Å². The van der Waals surface area contributed by atoms with E-state index in [1.54, 1.807) is 0 Å². The zero-order valence-corrected chi connectivity index (χ0v) is 11.5. The Balaban J connectivity index is 2.12. The topological polar surface area (TPSA) is 41.1 Å². The van der Waals surface area contributed by atoms with Gasteiger partial charge < -0.3 is 10.2 Å². The van der Waals surface area contributed by atoms with Gasteiger partial charge in [-0.25, -0.2) is 4.98 Å². The second-order valence-corrected chi connectivity index (χ2v) is 4.98. The highest BCUT2D eigenvalue weighted by molar-refractivity contribution is 5.37. The van der Waals surface area contributed by atoms with Crippen LogP contribution in [0.2, 0.25) is 0 Å². The number of nitrogens with one attached hydrogen (secondary N) is 1. The van der Waals surface area contributed by atoms with Gasteiger partial charge in [0.2, 0.25) is 0 Å². The number of rotatable bonds is 5. The van der Waals surface area contributed by atoms with Crippen molar-refractivity contribution in [2.45, 2.75) is 51.6 Å². The van der Waals surface area contributed by atoms with Crippen molar-refractivity contribution in [3.63, 3.8) is 0 Å². The van der Waals surface area contributed by atoms with Gasteiger partial charge in [0, 0.05) is 25.3 Å². The predicted molar refractivity (Wildman–Crippen MR) is 74.7 cm³/mol. The highest BCUT2D eigenvalue weighted by atomic mass is 15.2. The molecule has 0 amide bonds. The Bertz CT molecular complexity index is 361. The maximum atomic E-state index is 4.71. The Labute approximate surface area is 110 Å². The van der Waals surface area contributed by atoms with Crippen molar-refractivity contribution in [3.05, 3.63) is 18.1 Å². The fraction of sp³-hybridized carbons (Fsp3) is 0.714. The normalized spacial score (nSPS) is 16.8. The van der Waals surface area contributed by atoms with Crippen molar-refractivity contribution >= 4 is 5.82 Å². The van der Waals surface area contributed by atoms with Gasteiger partial charge >= 0.3 is 0 Å². The summed E-state index contributed by atoms with van der Waals surface area (Å²) in [5.41, 5.74) is 1.02. The first-order valence-electron chi connectivity index (χ1n) is 7.07. The van der Waals surface area contributed by atoms with Gasteiger partial charge in [-0.05, 0) is 26.8 Å². The van der Waals surface area contributed by atoms with E-state index < -0.39 is 0 Å². The van der Waals surface area contributed by atoms with Crippen LogP contribution in [0.3, 0.4) is 0 Å². The molecule has 0 aliphatic heterocycles. The molecule has 0 saturated heterocycles. The molecule has 0 radical (unpaired) electrons. The van der Waals surface area contributed by atoms with Gasteiger partial charge in [0.15, 0.2) is 0 Å². The molecule has 4 nitrogen and oxygen atoms in total. The van der Waals surface area contributed by atoms with E-state index in [4.69, 9.17) is 4.98 Å². The lowest BCUT2D eigenvalue weighted by Gasteiger charge is -2.34. The summed E-state index contributed by atoms with van der Waals surface area (Å²) in [5, 5.41) is 3.13. The van der Waals surface area contributed by atoms with E-state index in [1.807, 2.05) is 19.4 Å². The van der Waals surface area contributed by atoms with Crippen LogP contribution in [-0.4, -0.2) is 29.6 Å². The molecular weight excluding hydrogens is 224 g/mol. The summed E-state index contributed by atoms with van der Waals surface area (Å²) in [7, 11) is 1.94. The van der Waals surface area contributed by atoms with Gasteiger partial charge in [0.1, 0.15) is 5.82 Å². The quantitative estimate of drug-likeness (QED) is 0.868. The molecular formula is C14H24N4. The second kappa shape index (κ2) is 6.69. The zero-order chi connectivity index (χ0) is 12.8. The average Bonchev–Trinajstić information content (AvgIpc) is 2.42. The molecule has 1 fully saturated rings. The SMILES string of the molecule is CCN(c1cncc(CNC)n1)C1CCCCC1. The Morgan fingerprint density at radius 3 is 2.72 bits per heavy atom. The predicted octanol–water partition coefficient (Wildman–Crippen LogP) is 2.36. The molecule has 18 heavy (non-hydrogen) atoms. The van der Waals surface area contributed by atoms with Crippen molar-refractivity contribution in [1.29, 1.82) is 0 Å². The average molecular weight is 248 g/mol. The minimum atomic E-state index is 0.655. The molecule has 1 aliphatic carbocycles. The van der Waals surface area contributed by atoms with Gasteiger partial charge in [-0.2, -0.15) is 0 Å². The van der Waals surface area contributed by atoms with Gasteiger partial charge in [-0.15, -0.1) is 0 Å². The largest absolute Gasteiger partial charge is 0.353 e. The van der Waals surface area contributed by atoms with E-state index in [-0.39, 0.29) is 0 Å². The van der Waals surface area contributed by atoms with E-state index in [2.05, 4.69) is 22.1 Å². The first-order chi connectivity index (χ1) is 8.85. The smallest absolute Gasteiger partial charge is 0.147 e. The van der Waals surface area contributed by atoms with Gasteiger partial charge in [-0.1, -0.05) is 19.3 Å². The molecule has 1 aromatic rings. The summed E-state index contributed by atoms with van der Waals surface area (Å²) in [5.74, 6) is 1.04. The molecule has 100 valence electrons. The molecule has 4 heteroatoms. The van der Waals surface area contributed by atoms with Crippen LogP contribution in [0.15, 0.2) is 12.4 Å². The second-order valence-electron chi connectivity index (χ2n) is 4.98. The third-order valence-corrected chi connectivity index (χ3v) is 3.68. The Morgan fingerprint density at radius 1 is 1.28 bits per heavy atom. The summed E-state index contributed by atoms with van der Waals surface area (Å²) in [6, 6.07) is 0.655. The minimum absolute atomic E-state index is 0.655. The van der Waals surface area contributed by atoms with Crippen molar-refractivity contribution in [2.75, 3.05) is 18.5 Å². The summed E-state index contributed by atoms with van der Waals surface area (Å²) in [6.45, 7) is 4.01. The molecule has 0 unspecified atom stereocenters. The molecule has 1 aliphatic rings. The van der Waals surface area contributed by atoms with Crippen LogP contribution < -0.4 is 10.2 Å². The van der Waals surface area contributed by atoms with E-state index in [0.717, 1.165) is 24.6 Å². The monoisotopic (exact) mass is 248 g/mol. The molecule has 0 atom stereocenters. The van der Waals surface area contributed by atoms with Crippen LogP contribution in [-0.2, 0) is 6.54 Å². The minimum Gasteiger partial charge on any atom is -0.353 e. The number of nitrogens with zero attached hydrogens (tertiary/aromatic N) is 3. The van der Waals surface area contributed by atoms with Crippen LogP contribution in [0.4, 0.5) is 5.82 Å². The third kappa shape index (κ3) is 3.19. The number of anilines is 1. The van der Waals surface area contributed by atoms with Crippen LogP contribution in [0.1, 0.15) is 44.7 Å². The molecule has 1 saturated carbocycles. The van der Waals surface area contributed by atoms with E-state index in [9.17, 15) is 0 Å². The van der Waals surface area contributed by atoms with Crippen molar-refractivity contribution in [1.82, 2.24) is 15.3 Å². The van der Waals surface area contributed by atoms with Crippen LogP contribution in [0, 0.1) is 0 Å². The van der Waals surface area contributed by atoms with Crippen LogP contribution in [0.5, 0.6) is 0 Å². The molecule has 1 N–H and O–H groups in total. The number of aromatic nitrogens is 2. The van der Waals surface area contributed by atoms with E-state index >= 15 is 0 Å². The van der Waals surface area contributed by atoms with Gasteiger partial charge in [0.05, 0.1) is 11.9 Å². The lowest BCUT2D eigenvalue weighted by molar-refractivity contribution is 0.416. The summed E-state index contributed by atoms with van der Waals surface area (Å²) in [4.78, 5) is 11.5. The highest BCUT2D eigenvalue weighted by Gasteiger charge is 2.21. The highest BCUT2D eigenvalue weighted by Crippen LogP contribution is 2.25. The molecule has 0 bridgehead atoms. The maximum absolute atomic E-state index is 4.71. The lowest BCUT2D eigenvalue weighted by Crippen LogP contribution is -2.37. The van der Waals surface area contributed by atoms with E-state index in [1.165, 1.54) is 32.1 Å². The van der Waals surface area contributed by atoms with Crippen molar-refractivity contribution < 1.29 is 0 Å². The van der Waals surface area contributed by atoms with Gasteiger partial charge in [0.25, 0.3) is 0 Å². The molecule has 2 rings (SSSR count). The summed E-state index contributed by atoms with van der Waals surface area (Å²) in [6.07, 6.45) is 10.4. The van der Waals surface area contributed by atoms with Crippen molar-refractivity contribution in [3.8, 4) is 0 Å². The fourth-order valence-electron chi connectivity index (χ4n) is 2.80. The first kappa shape index (κ1) is 13.3. The number of hydrogen-bond donors (Lipinski definition) is 1. The van der Waals surface area contributed by atoms with Crippen LogP contribution >= 0.6 is 0 Å². The molecule has 0 aromatic carbocycles. The molecule has 1 aromatic heterocycles. The van der Waals surface area contributed by atoms with Crippen LogP contribution in [0.25, 0.3) is 0 Å². The summed E-state index contributed by atoms with van der Waals surface area (Å²) >= 11 is 0. The Hall–Kier alpha value is -1.16. The lowest BCUT2D eigenvalue weighted by atomic mass is 9.94. The molecule has 1 heterocycles. The standard InChI is InChI=1S/C14H24N4/c1-3-18(13-7-5-4-6-8-13)14-11-16-10-12(17-14)9-15-2/h10-11,13,15H,3-9H2,1-2H3. The third-order valence-electron chi connectivity index (χ3n) is 3.68. The Morgan fingerprint density at radius 2 is 2.06 bits per heavy atom. The van der Waals surface area contributed by atoms with Crippen molar-refractivity contribution in [2.24, 2.45) is 0 Å². The molecule has 0 spiro atoms. The number of hydrogen-bond acceptors (Lipinski definition) is 4. The maximum Gasteiger partial charge on any atom is 0.147 e. The Kier molecular flexibility index (Phi) is 4.93. The summed E-state index contributed by atoms with van der Waals surface area (Å²) < 4.78 is 0. The van der Waals surface area contributed by atoms with E-state index in [0.29, 0.717) is 6.04 Å². The fourth-order valence-corrected chi connectivity index (χ4v) is 2.80. The zero-order valence-electron chi connectivity index (χ0n) is 11.5.